The number of benzene rings is 2. The minimum atomic E-state index is -0.600. The molecular weight excluding hydrogens is 312 g/mol. The van der Waals surface area contributed by atoms with Crippen molar-refractivity contribution in [3.63, 3.8) is 0 Å². The molecule has 0 saturated heterocycles. The summed E-state index contributed by atoms with van der Waals surface area (Å²) in [7, 11) is 1.27. The molecule has 1 aliphatic rings. The predicted octanol–water partition coefficient (Wildman–Crippen LogP) is 4.20. The summed E-state index contributed by atoms with van der Waals surface area (Å²) in [4.78, 5) is 11.8. The molecule has 0 heterocycles. The molecule has 25 heavy (non-hydrogen) atoms. The molecule has 0 bridgehead atoms. The quantitative estimate of drug-likeness (QED) is 0.654. The van der Waals surface area contributed by atoms with E-state index in [9.17, 15) is 4.79 Å². The number of allylic oxidation sites excluding steroid dienone is 3. The van der Waals surface area contributed by atoms with E-state index in [2.05, 4.69) is 25.1 Å². The molecule has 0 saturated carbocycles. The van der Waals surface area contributed by atoms with Gasteiger partial charge >= 0.3 is 5.97 Å². The van der Waals surface area contributed by atoms with Crippen LogP contribution in [0, 0.1) is 17.7 Å². The van der Waals surface area contributed by atoms with Crippen molar-refractivity contribution in [2.24, 2.45) is 0 Å². The van der Waals surface area contributed by atoms with Gasteiger partial charge in [0.15, 0.2) is 0 Å². The Hall–Kier alpha value is -3.27. The van der Waals surface area contributed by atoms with Crippen molar-refractivity contribution in [2.45, 2.75) is 6.92 Å². The van der Waals surface area contributed by atoms with Crippen molar-refractivity contribution in [3.05, 3.63) is 77.4 Å². The van der Waals surface area contributed by atoms with Gasteiger partial charge in [0.05, 0.1) is 24.1 Å². The number of carbonyl (C=O) groups excluding carboxylic acids is 1. The molecule has 0 spiro atoms. The summed E-state index contributed by atoms with van der Waals surface area (Å²) in [6.45, 7) is 2.06. The third-order valence-electron chi connectivity index (χ3n) is 4.11. The van der Waals surface area contributed by atoms with Crippen LogP contribution in [0.5, 0.6) is 0 Å². The Morgan fingerprint density at radius 1 is 0.920 bits per heavy atom. The molecular formula is C21H18N2O2. The smallest absolute Gasteiger partial charge is 0.340 e. The van der Waals surface area contributed by atoms with E-state index < -0.39 is 5.97 Å². The van der Waals surface area contributed by atoms with Gasteiger partial charge in [-0.2, -0.15) is 0 Å². The molecule has 4 heteroatoms. The summed E-state index contributed by atoms with van der Waals surface area (Å²) in [5, 5.41) is 15.8. The Bertz CT molecular complexity index is 935. The van der Waals surface area contributed by atoms with E-state index in [1.54, 1.807) is 12.2 Å². The van der Waals surface area contributed by atoms with Gasteiger partial charge < -0.3 is 4.74 Å². The molecule has 0 amide bonds. The fraction of sp³-hybridized carbons (Fsp3) is 0.0952. The van der Waals surface area contributed by atoms with Crippen LogP contribution in [0.1, 0.15) is 11.1 Å². The van der Waals surface area contributed by atoms with E-state index in [-0.39, 0.29) is 17.0 Å². The SMILES string of the molecule is COC(=O)C1=CC(c2ccc(-c3cccc(C)c3)cc2)=CC(=N)C1=N. The first kappa shape index (κ1) is 16.6. The minimum absolute atomic E-state index is 0.000612. The van der Waals surface area contributed by atoms with Crippen molar-refractivity contribution < 1.29 is 9.53 Å². The van der Waals surface area contributed by atoms with Crippen molar-refractivity contribution in [3.8, 4) is 11.1 Å². The van der Waals surface area contributed by atoms with Gasteiger partial charge in [-0.15, -0.1) is 0 Å². The number of ether oxygens (including phenoxy) is 1. The van der Waals surface area contributed by atoms with E-state index in [0.29, 0.717) is 0 Å². The lowest BCUT2D eigenvalue weighted by molar-refractivity contribution is -0.135. The standard InChI is InChI=1S/C21H18N2O2/c1-13-4-3-5-16(10-13)14-6-8-15(9-7-14)17-11-18(21(24)25-2)20(23)19(22)12-17/h3-12,22-23H,1-2H3. The van der Waals surface area contributed by atoms with Crippen LogP contribution in [-0.2, 0) is 9.53 Å². The van der Waals surface area contributed by atoms with Crippen molar-refractivity contribution in [1.29, 1.82) is 10.8 Å². The van der Waals surface area contributed by atoms with Crippen LogP contribution in [0.3, 0.4) is 0 Å². The number of hydrogen-bond acceptors (Lipinski definition) is 4. The van der Waals surface area contributed by atoms with Gasteiger partial charge in [0.25, 0.3) is 0 Å². The lowest BCUT2D eigenvalue weighted by atomic mass is 9.91. The van der Waals surface area contributed by atoms with E-state index in [1.807, 2.05) is 30.3 Å². The largest absolute Gasteiger partial charge is 0.465 e. The normalized spacial score (nSPS) is 14.0. The maximum atomic E-state index is 11.8. The van der Waals surface area contributed by atoms with E-state index in [4.69, 9.17) is 15.6 Å². The van der Waals surface area contributed by atoms with Gasteiger partial charge in [-0.3, -0.25) is 10.8 Å². The van der Waals surface area contributed by atoms with Crippen LogP contribution < -0.4 is 0 Å². The summed E-state index contributed by atoms with van der Waals surface area (Å²) in [5.41, 5.74) is 5.04. The van der Waals surface area contributed by atoms with Crippen molar-refractivity contribution >= 4 is 23.0 Å². The van der Waals surface area contributed by atoms with Crippen LogP contribution in [0.15, 0.2) is 66.3 Å². The second-order valence-electron chi connectivity index (χ2n) is 5.88. The summed E-state index contributed by atoms with van der Waals surface area (Å²) in [6.07, 6.45) is 3.20. The van der Waals surface area contributed by atoms with Crippen LogP contribution in [0.4, 0.5) is 0 Å². The maximum absolute atomic E-state index is 11.8. The molecule has 0 fully saturated rings. The van der Waals surface area contributed by atoms with Gasteiger partial charge in [-0.1, -0.05) is 54.1 Å². The Balaban J connectivity index is 1.95. The van der Waals surface area contributed by atoms with Crippen LogP contribution >= 0.6 is 0 Å². The highest BCUT2D eigenvalue weighted by molar-refractivity contribution is 6.56. The fourth-order valence-electron chi connectivity index (χ4n) is 2.76. The van der Waals surface area contributed by atoms with Gasteiger partial charge in [0, 0.05) is 0 Å². The fourth-order valence-corrected chi connectivity index (χ4v) is 2.76. The highest BCUT2D eigenvalue weighted by Crippen LogP contribution is 2.26. The molecule has 0 unspecified atom stereocenters. The van der Waals surface area contributed by atoms with Gasteiger partial charge in [0.2, 0.25) is 0 Å². The topological polar surface area (TPSA) is 74.0 Å². The Morgan fingerprint density at radius 3 is 2.24 bits per heavy atom. The van der Waals surface area contributed by atoms with Crippen LogP contribution in [0.25, 0.3) is 16.7 Å². The average molecular weight is 330 g/mol. The van der Waals surface area contributed by atoms with Gasteiger partial charge in [-0.25, -0.2) is 4.79 Å². The Morgan fingerprint density at radius 2 is 1.60 bits per heavy atom. The van der Waals surface area contributed by atoms with Crippen molar-refractivity contribution in [2.75, 3.05) is 7.11 Å². The van der Waals surface area contributed by atoms with E-state index in [1.165, 1.54) is 12.7 Å². The first-order valence-corrected chi connectivity index (χ1v) is 7.86. The lowest BCUT2D eigenvalue weighted by Gasteiger charge is -2.15. The molecule has 3 rings (SSSR count). The van der Waals surface area contributed by atoms with Crippen LogP contribution in [0.2, 0.25) is 0 Å². The average Bonchev–Trinajstić information content (AvgIpc) is 2.63. The third-order valence-corrected chi connectivity index (χ3v) is 4.11. The lowest BCUT2D eigenvalue weighted by Crippen LogP contribution is -2.23. The Labute approximate surface area is 146 Å². The molecule has 2 aromatic carbocycles. The minimum Gasteiger partial charge on any atom is -0.465 e. The monoisotopic (exact) mass is 330 g/mol. The number of nitrogens with one attached hydrogen (secondary N) is 2. The molecule has 0 aromatic heterocycles. The summed E-state index contributed by atoms with van der Waals surface area (Å²) < 4.78 is 4.71. The molecule has 4 nitrogen and oxygen atoms in total. The zero-order valence-electron chi connectivity index (χ0n) is 14.1. The molecule has 0 aliphatic heterocycles. The second kappa shape index (κ2) is 6.69. The molecule has 1 aliphatic carbocycles. The molecule has 124 valence electrons. The number of rotatable bonds is 3. The molecule has 0 atom stereocenters. The Kier molecular flexibility index (Phi) is 4.44. The van der Waals surface area contributed by atoms with Crippen molar-refractivity contribution in [1.82, 2.24) is 0 Å². The molecule has 2 aromatic rings. The number of carbonyl (C=O) groups is 1. The molecule has 0 radical (unpaired) electrons. The number of aryl methyl sites for hydroxylation is 1. The number of esters is 1. The zero-order chi connectivity index (χ0) is 18.0. The highest BCUT2D eigenvalue weighted by atomic mass is 16.5. The van der Waals surface area contributed by atoms with E-state index >= 15 is 0 Å². The zero-order valence-corrected chi connectivity index (χ0v) is 14.1. The third kappa shape index (κ3) is 3.33. The first-order chi connectivity index (χ1) is 12.0. The second-order valence-corrected chi connectivity index (χ2v) is 5.88. The highest BCUT2D eigenvalue weighted by Gasteiger charge is 2.23. The maximum Gasteiger partial charge on any atom is 0.340 e. The van der Waals surface area contributed by atoms with E-state index in [0.717, 1.165) is 22.3 Å². The van der Waals surface area contributed by atoms with Crippen LogP contribution in [-0.4, -0.2) is 24.5 Å². The summed E-state index contributed by atoms with van der Waals surface area (Å²) in [6, 6.07) is 16.2. The summed E-state index contributed by atoms with van der Waals surface area (Å²) >= 11 is 0. The number of hydrogen-bond donors (Lipinski definition) is 2. The summed E-state index contributed by atoms with van der Waals surface area (Å²) in [5.74, 6) is -0.600. The number of methoxy groups -OCH3 is 1. The first-order valence-electron chi connectivity index (χ1n) is 7.86. The molecule has 2 N–H and O–H groups in total. The van der Waals surface area contributed by atoms with Gasteiger partial charge in [0.1, 0.15) is 0 Å². The predicted molar refractivity (Wildman–Crippen MR) is 100 cm³/mol. The van der Waals surface area contributed by atoms with Gasteiger partial charge in [-0.05, 0) is 41.3 Å².